The normalized spacial score (nSPS) is 21.4. The molecule has 0 aliphatic carbocycles. The molecular weight excluding hydrogens is 190 g/mol. The summed E-state index contributed by atoms with van der Waals surface area (Å²) >= 11 is 5.65. The van der Waals surface area contributed by atoms with Crippen LogP contribution in [0.2, 0.25) is 0 Å². The van der Waals surface area contributed by atoms with Crippen molar-refractivity contribution in [1.29, 1.82) is 0 Å². The molecule has 0 bridgehead atoms. The summed E-state index contributed by atoms with van der Waals surface area (Å²) < 4.78 is 1.74. The Morgan fingerprint density at radius 3 is 3.15 bits per heavy atom. The number of hydrogen-bond donors (Lipinski definition) is 0. The van der Waals surface area contributed by atoms with Crippen LogP contribution in [0.15, 0.2) is 17.5 Å². The number of rotatable bonds is 2. The zero-order valence-electron chi connectivity index (χ0n) is 7.27. The van der Waals surface area contributed by atoms with Gasteiger partial charge in [0.05, 0.1) is 17.8 Å². The van der Waals surface area contributed by atoms with Crippen molar-refractivity contribution in [1.82, 2.24) is 9.78 Å². The molecule has 2 heterocycles. The van der Waals surface area contributed by atoms with Gasteiger partial charge in [-0.25, -0.2) is 0 Å². The molecule has 0 saturated carbocycles. The van der Waals surface area contributed by atoms with Crippen molar-refractivity contribution in [2.75, 3.05) is 5.88 Å². The predicted molar refractivity (Wildman–Crippen MR) is 50.0 cm³/mol. The molecule has 0 N–H and O–H groups in total. The van der Waals surface area contributed by atoms with Crippen LogP contribution in [0.4, 0.5) is 0 Å². The van der Waals surface area contributed by atoms with E-state index in [0.717, 1.165) is 17.7 Å². The average molecular weight is 200 g/mol. The molecule has 0 radical (unpaired) electrons. The first-order valence-electron chi connectivity index (χ1n) is 4.07. The molecule has 0 fully saturated rings. The van der Waals surface area contributed by atoms with Gasteiger partial charge in [-0.1, -0.05) is 5.16 Å². The summed E-state index contributed by atoms with van der Waals surface area (Å²) in [4.78, 5) is 5.10. The van der Waals surface area contributed by atoms with E-state index in [1.165, 1.54) is 0 Å². The lowest BCUT2D eigenvalue weighted by Gasteiger charge is -1.99. The standard InChI is InChI=1S/C8H10ClN3O/c1-12-5-6(4-10-12)8-2-7(3-9)13-11-8/h4-5,7H,2-3H2,1H3. The van der Waals surface area contributed by atoms with Crippen molar-refractivity contribution >= 4 is 17.3 Å². The van der Waals surface area contributed by atoms with Crippen molar-refractivity contribution in [2.45, 2.75) is 12.5 Å². The maximum atomic E-state index is 5.65. The quantitative estimate of drug-likeness (QED) is 0.671. The number of aromatic nitrogens is 2. The van der Waals surface area contributed by atoms with E-state index in [1.54, 1.807) is 10.9 Å². The first kappa shape index (κ1) is 8.56. The van der Waals surface area contributed by atoms with Crippen molar-refractivity contribution in [3.8, 4) is 0 Å². The average Bonchev–Trinajstić information content (AvgIpc) is 2.71. The van der Waals surface area contributed by atoms with Crippen LogP contribution in [0.5, 0.6) is 0 Å². The van der Waals surface area contributed by atoms with Crippen molar-refractivity contribution in [3.05, 3.63) is 18.0 Å². The molecule has 4 nitrogen and oxygen atoms in total. The van der Waals surface area contributed by atoms with Crippen LogP contribution in [0, 0.1) is 0 Å². The smallest absolute Gasteiger partial charge is 0.146 e. The van der Waals surface area contributed by atoms with E-state index < -0.39 is 0 Å². The summed E-state index contributed by atoms with van der Waals surface area (Å²) in [5.41, 5.74) is 1.94. The molecule has 70 valence electrons. The Morgan fingerprint density at radius 2 is 2.62 bits per heavy atom. The van der Waals surface area contributed by atoms with E-state index in [0.29, 0.717) is 5.88 Å². The minimum atomic E-state index is 0.0249. The van der Waals surface area contributed by atoms with Crippen molar-refractivity contribution in [3.63, 3.8) is 0 Å². The lowest BCUT2D eigenvalue weighted by molar-refractivity contribution is 0.102. The SMILES string of the molecule is Cn1cc(C2=NOC(CCl)C2)cn1. The minimum absolute atomic E-state index is 0.0249. The molecule has 1 aliphatic heterocycles. The van der Waals surface area contributed by atoms with Gasteiger partial charge in [-0.2, -0.15) is 5.10 Å². The summed E-state index contributed by atoms with van der Waals surface area (Å²) in [6.45, 7) is 0. The predicted octanol–water partition coefficient (Wildman–Crippen LogP) is 1.15. The molecule has 0 aromatic carbocycles. The highest BCUT2D eigenvalue weighted by Gasteiger charge is 2.21. The second-order valence-electron chi connectivity index (χ2n) is 3.03. The van der Waals surface area contributed by atoms with Crippen LogP contribution >= 0.6 is 11.6 Å². The number of hydrogen-bond acceptors (Lipinski definition) is 3. The van der Waals surface area contributed by atoms with Gasteiger partial charge in [0.2, 0.25) is 0 Å². The van der Waals surface area contributed by atoms with E-state index in [9.17, 15) is 0 Å². The second kappa shape index (κ2) is 3.38. The van der Waals surface area contributed by atoms with Crippen LogP contribution in [-0.2, 0) is 11.9 Å². The number of oxime groups is 1. The fourth-order valence-electron chi connectivity index (χ4n) is 1.25. The topological polar surface area (TPSA) is 39.4 Å². The first-order valence-corrected chi connectivity index (χ1v) is 4.60. The number of halogens is 1. The highest BCUT2D eigenvalue weighted by Crippen LogP contribution is 2.16. The minimum Gasteiger partial charge on any atom is -0.391 e. The van der Waals surface area contributed by atoms with E-state index in [-0.39, 0.29) is 6.10 Å². The van der Waals surface area contributed by atoms with Gasteiger partial charge in [-0.05, 0) is 0 Å². The zero-order valence-corrected chi connectivity index (χ0v) is 8.03. The molecule has 0 spiro atoms. The summed E-state index contributed by atoms with van der Waals surface area (Å²) in [6, 6.07) is 0. The fraction of sp³-hybridized carbons (Fsp3) is 0.500. The Balaban J connectivity index is 2.12. The lowest BCUT2D eigenvalue weighted by atomic mass is 10.1. The van der Waals surface area contributed by atoms with Gasteiger partial charge in [-0.3, -0.25) is 4.68 Å². The van der Waals surface area contributed by atoms with E-state index in [2.05, 4.69) is 10.3 Å². The maximum absolute atomic E-state index is 5.65. The third-order valence-electron chi connectivity index (χ3n) is 1.94. The highest BCUT2D eigenvalue weighted by atomic mass is 35.5. The first-order chi connectivity index (χ1) is 6.29. The van der Waals surface area contributed by atoms with Crippen LogP contribution in [0.3, 0.4) is 0 Å². The summed E-state index contributed by atoms with van der Waals surface area (Å²) in [5.74, 6) is 0.479. The molecule has 1 aromatic heterocycles. The van der Waals surface area contributed by atoms with Gasteiger partial charge in [0.1, 0.15) is 6.10 Å². The van der Waals surface area contributed by atoms with Crippen LogP contribution in [0.25, 0.3) is 0 Å². The number of aryl methyl sites for hydroxylation is 1. The highest BCUT2D eigenvalue weighted by molar-refractivity contribution is 6.18. The van der Waals surface area contributed by atoms with Crippen LogP contribution < -0.4 is 0 Å². The lowest BCUT2D eigenvalue weighted by Crippen LogP contribution is -2.09. The third-order valence-corrected chi connectivity index (χ3v) is 2.29. The molecule has 1 aliphatic rings. The molecule has 1 aromatic rings. The molecule has 0 amide bonds. The molecular formula is C8H10ClN3O. The van der Waals surface area contributed by atoms with Crippen LogP contribution in [0.1, 0.15) is 12.0 Å². The maximum Gasteiger partial charge on any atom is 0.146 e. The van der Waals surface area contributed by atoms with Gasteiger partial charge in [0.25, 0.3) is 0 Å². The van der Waals surface area contributed by atoms with E-state index in [1.807, 2.05) is 13.2 Å². The Labute approximate surface area is 81.1 Å². The Hall–Kier alpha value is -1.03. The second-order valence-corrected chi connectivity index (χ2v) is 3.34. The Morgan fingerprint density at radius 1 is 1.77 bits per heavy atom. The third kappa shape index (κ3) is 1.67. The van der Waals surface area contributed by atoms with Gasteiger partial charge in [0, 0.05) is 25.2 Å². The largest absolute Gasteiger partial charge is 0.391 e. The fourth-order valence-corrected chi connectivity index (χ4v) is 1.42. The molecule has 13 heavy (non-hydrogen) atoms. The molecule has 5 heteroatoms. The van der Waals surface area contributed by atoms with Gasteiger partial charge >= 0.3 is 0 Å². The van der Waals surface area contributed by atoms with E-state index >= 15 is 0 Å². The van der Waals surface area contributed by atoms with E-state index in [4.69, 9.17) is 16.4 Å². The molecule has 2 rings (SSSR count). The Kier molecular flexibility index (Phi) is 2.22. The van der Waals surface area contributed by atoms with Crippen LogP contribution in [-0.4, -0.2) is 27.5 Å². The number of nitrogens with zero attached hydrogens (tertiary/aromatic N) is 3. The van der Waals surface area contributed by atoms with Crippen molar-refractivity contribution < 1.29 is 4.84 Å². The zero-order chi connectivity index (χ0) is 9.26. The van der Waals surface area contributed by atoms with Gasteiger partial charge in [-0.15, -0.1) is 11.6 Å². The number of alkyl halides is 1. The summed E-state index contributed by atoms with van der Waals surface area (Å²) in [6.07, 6.45) is 4.49. The molecule has 1 unspecified atom stereocenters. The van der Waals surface area contributed by atoms with Crippen molar-refractivity contribution in [2.24, 2.45) is 12.2 Å². The molecule has 1 atom stereocenters. The summed E-state index contributed by atoms with van der Waals surface area (Å²) in [7, 11) is 1.87. The molecule has 0 saturated heterocycles. The summed E-state index contributed by atoms with van der Waals surface area (Å²) in [5, 5.41) is 8.01. The van der Waals surface area contributed by atoms with Gasteiger partial charge < -0.3 is 4.84 Å². The van der Waals surface area contributed by atoms with Gasteiger partial charge in [0.15, 0.2) is 0 Å². The Bertz CT molecular complexity index is 334. The monoisotopic (exact) mass is 199 g/mol.